The van der Waals surface area contributed by atoms with Crippen LogP contribution in [0.4, 0.5) is 18.9 Å². The number of anilines is 1. The molecule has 1 amide bonds. The zero-order chi connectivity index (χ0) is 22.7. The third kappa shape index (κ3) is 4.57. The first-order valence-corrected chi connectivity index (χ1v) is 9.86. The summed E-state index contributed by atoms with van der Waals surface area (Å²) in [5, 5.41) is 2.58. The van der Waals surface area contributed by atoms with Gasteiger partial charge in [0.1, 0.15) is 5.82 Å². The molecule has 0 bridgehead atoms. The second-order valence-corrected chi connectivity index (χ2v) is 7.28. The number of carbonyl (C=O) groups excluding carboxylic acids is 1. The summed E-state index contributed by atoms with van der Waals surface area (Å²) in [4.78, 5) is 20.4. The van der Waals surface area contributed by atoms with Crippen molar-refractivity contribution in [2.45, 2.75) is 19.4 Å². The van der Waals surface area contributed by atoms with Crippen LogP contribution in [0, 0.1) is 17.5 Å². The van der Waals surface area contributed by atoms with E-state index in [1.165, 1.54) is 0 Å². The summed E-state index contributed by atoms with van der Waals surface area (Å²) in [6.07, 6.45) is 6.11. The van der Waals surface area contributed by atoms with Gasteiger partial charge in [0, 0.05) is 30.7 Å². The van der Waals surface area contributed by atoms with Gasteiger partial charge in [-0.3, -0.25) is 10.6 Å². The number of para-hydroxylation sites is 1. The Balaban J connectivity index is 1.41. The summed E-state index contributed by atoms with van der Waals surface area (Å²) < 4.78 is 39.7. The third-order valence-electron chi connectivity index (χ3n) is 5.10. The number of fused-ring (bicyclic) bond motifs is 1. The molecule has 0 fully saturated rings. The minimum absolute atomic E-state index is 0.122. The van der Waals surface area contributed by atoms with Gasteiger partial charge in [-0.25, -0.2) is 18.2 Å². The molecule has 1 aromatic heterocycles. The number of nitrogens with one attached hydrogen (secondary N) is 3. The molecule has 2 aromatic carbocycles. The highest BCUT2D eigenvalue weighted by atomic mass is 19.2. The van der Waals surface area contributed by atoms with Gasteiger partial charge in [-0.1, -0.05) is 24.3 Å². The maximum absolute atomic E-state index is 13.3. The average molecular weight is 439 g/mol. The Bertz CT molecular complexity index is 1210. The number of H-pyrrole nitrogens is 1. The molecular formula is C23H20F3N5O. The van der Waals surface area contributed by atoms with Crippen molar-refractivity contribution < 1.29 is 18.0 Å². The standard InChI is InChI=1S/C23H20F3N5O/c24-16-9-13(10-17(25)22(16)26)12-28-23(32)14-5-7-19-20(8-6-14)30-21(29-19)11-15-3-1-2-4-18(15)31-27/h1-7,9-10,31H,8,11-12,27H2,(H,28,32)(H,29,30). The Labute approximate surface area is 182 Å². The van der Waals surface area contributed by atoms with E-state index in [0.29, 0.717) is 18.4 Å². The Morgan fingerprint density at radius 3 is 2.62 bits per heavy atom. The van der Waals surface area contributed by atoms with Gasteiger partial charge in [0.15, 0.2) is 17.5 Å². The molecule has 1 aliphatic carbocycles. The monoisotopic (exact) mass is 439 g/mol. The van der Waals surface area contributed by atoms with Crippen LogP contribution in [0.5, 0.6) is 0 Å². The fourth-order valence-corrected chi connectivity index (χ4v) is 3.46. The lowest BCUT2D eigenvalue weighted by atomic mass is 10.1. The molecule has 1 heterocycles. The van der Waals surface area contributed by atoms with Crippen LogP contribution in [-0.2, 0) is 24.2 Å². The first-order chi connectivity index (χ1) is 15.4. The van der Waals surface area contributed by atoms with Gasteiger partial charge in [0.05, 0.1) is 11.4 Å². The Morgan fingerprint density at radius 2 is 1.88 bits per heavy atom. The minimum atomic E-state index is -1.54. The molecule has 3 aromatic rings. The average Bonchev–Trinajstić information content (AvgIpc) is 3.06. The fourth-order valence-electron chi connectivity index (χ4n) is 3.46. The smallest absolute Gasteiger partial charge is 0.251 e. The van der Waals surface area contributed by atoms with Crippen LogP contribution in [0.3, 0.4) is 0 Å². The zero-order valence-corrected chi connectivity index (χ0v) is 16.9. The van der Waals surface area contributed by atoms with Gasteiger partial charge in [-0.05, 0) is 41.5 Å². The minimum Gasteiger partial charge on any atom is -0.348 e. The van der Waals surface area contributed by atoms with E-state index in [9.17, 15) is 18.0 Å². The van der Waals surface area contributed by atoms with E-state index in [4.69, 9.17) is 5.84 Å². The maximum atomic E-state index is 13.3. The lowest BCUT2D eigenvalue weighted by Gasteiger charge is -2.07. The van der Waals surface area contributed by atoms with Crippen molar-refractivity contribution in [1.82, 2.24) is 15.3 Å². The summed E-state index contributed by atoms with van der Waals surface area (Å²) in [5.74, 6) is 1.78. The third-order valence-corrected chi connectivity index (χ3v) is 5.10. The molecule has 1 aliphatic rings. The molecule has 0 saturated heterocycles. The number of amides is 1. The summed E-state index contributed by atoms with van der Waals surface area (Å²) in [7, 11) is 0. The van der Waals surface area contributed by atoms with Gasteiger partial charge in [-0.2, -0.15) is 0 Å². The van der Waals surface area contributed by atoms with E-state index in [2.05, 4.69) is 20.7 Å². The number of aromatic nitrogens is 2. The van der Waals surface area contributed by atoms with Crippen LogP contribution in [0.2, 0.25) is 0 Å². The van der Waals surface area contributed by atoms with Crippen molar-refractivity contribution in [2.24, 2.45) is 5.84 Å². The van der Waals surface area contributed by atoms with E-state index < -0.39 is 23.4 Å². The van der Waals surface area contributed by atoms with E-state index >= 15 is 0 Å². The lowest BCUT2D eigenvalue weighted by molar-refractivity contribution is -0.117. The van der Waals surface area contributed by atoms with Crippen LogP contribution >= 0.6 is 0 Å². The number of hydrazine groups is 1. The summed E-state index contributed by atoms with van der Waals surface area (Å²) in [5.41, 5.74) is 6.57. The second kappa shape index (κ2) is 9.11. The molecule has 0 radical (unpaired) electrons. The molecule has 0 saturated carbocycles. The quantitative estimate of drug-likeness (QED) is 0.269. The number of halogens is 3. The largest absolute Gasteiger partial charge is 0.348 e. The number of hydrogen-bond donors (Lipinski definition) is 4. The first-order valence-electron chi connectivity index (χ1n) is 9.86. The van der Waals surface area contributed by atoms with E-state index in [1.54, 1.807) is 18.2 Å². The van der Waals surface area contributed by atoms with Crippen LogP contribution in [-0.4, -0.2) is 15.9 Å². The maximum Gasteiger partial charge on any atom is 0.251 e. The number of carbonyl (C=O) groups is 1. The highest BCUT2D eigenvalue weighted by Crippen LogP contribution is 2.21. The van der Waals surface area contributed by atoms with Gasteiger partial charge in [-0.15, -0.1) is 0 Å². The molecule has 0 unspecified atom stereocenters. The lowest BCUT2D eigenvalue weighted by Crippen LogP contribution is -2.24. The van der Waals surface area contributed by atoms with Crippen molar-refractivity contribution in [3.63, 3.8) is 0 Å². The molecule has 164 valence electrons. The topological polar surface area (TPSA) is 95.8 Å². The number of benzene rings is 2. The number of imidazole rings is 1. The fraction of sp³-hybridized carbons (Fsp3) is 0.130. The van der Waals surface area contributed by atoms with Crippen LogP contribution in [0.1, 0.15) is 28.3 Å². The van der Waals surface area contributed by atoms with Crippen LogP contribution < -0.4 is 16.6 Å². The van der Waals surface area contributed by atoms with Gasteiger partial charge in [0.2, 0.25) is 0 Å². The van der Waals surface area contributed by atoms with Gasteiger partial charge >= 0.3 is 0 Å². The number of aromatic amines is 1. The van der Waals surface area contributed by atoms with E-state index in [-0.39, 0.29) is 12.1 Å². The Hall–Kier alpha value is -3.85. The molecule has 9 heteroatoms. The molecule has 0 aliphatic heterocycles. The Kier molecular flexibility index (Phi) is 6.09. The van der Waals surface area contributed by atoms with Crippen molar-refractivity contribution in [3.8, 4) is 0 Å². The molecule has 0 atom stereocenters. The molecule has 32 heavy (non-hydrogen) atoms. The first kappa shape index (κ1) is 21.4. The number of rotatable bonds is 6. The van der Waals surface area contributed by atoms with Crippen LogP contribution in [0.15, 0.2) is 54.1 Å². The van der Waals surface area contributed by atoms with Crippen molar-refractivity contribution in [2.75, 3.05) is 5.43 Å². The number of allylic oxidation sites excluding steroid dienone is 1. The van der Waals surface area contributed by atoms with E-state index in [1.807, 2.05) is 24.3 Å². The SMILES string of the molecule is NNc1ccccc1Cc1nc2c([nH]1)CC=C(C(=O)NCc1cc(F)c(F)c(F)c1)C=C2. The summed E-state index contributed by atoms with van der Waals surface area (Å²) >= 11 is 0. The van der Waals surface area contributed by atoms with Gasteiger partial charge in [0.25, 0.3) is 5.91 Å². The number of nitrogen functional groups attached to an aromatic ring is 1. The molecule has 0 spiro atoms. The normalized spacial score (nSPS) is 12.7. The summed E-state index contributed by atoms with van der Waals surface area (Å²) in [6.45, 7) is -0.138. The highest BCUT2D eigenvalue weighted by molar-refractivity contribution is 5.97. The zero-order valence-electron chi connectivity index (χ0n) is 16.9. The van der Waals surface area contributed by atoms with Crippen molar-refractivity contribution in [1.29, 1.82) is 0 Å². The van der Waals surface area contributed by atoms with Gasteiger partial charge < -0.3 is 15.7 Å². The highest BCUT2D eigenvalue weighted by Gasteiger charge is 2.16. The number of nitrogens with two attached hydrogens (primary N) is 1. The number of nitrogens with zero attached hydrogens (tertiary/aromatic N) is 1. The predicted octanol–water partition coefficient (Wildman–Crippen LogP) is 3.52. The Morgan fingerprint density at radius 1 is 1.12 bits per heavy atom. The second-order valence-electron chi connectivity index (χ2n) is 7.28. The molecule has 4 rings (SSSR count). The van der Waals surface area contributed by atoms with E-state index in [0.717, 1.165) is 40.6 Å². The number of hydrogen-bond acceptors (Lipinski definition) is 4. The molecular weight excluding hydrogens is 419 g/mol. The predicted molar refractivity (Wildman–Crippen MR) is 115 cm³/mol. The summed E-state index contributed by atoms with van der Waals surface area (Å²) in [6, 6.07) is 9.35. The van der Waals surface area contributed by atoms with Crippen LogP contribution in [0.25, 0.3) is 6.08 Å². The van der Waals surface area contributed by atoms with Crippen molar-refractivity contribution >= 4 is 17.7 Å². The molecule has 5 N–H and O–H groups in total. The molecule has 6 nitrogen and oxygen atoms in total. The van der Waals surface area contributed by atoms with Crippen molar-refractivity contribution in [3.05, 3.63) is 99.9 Å².